The van der Waals surface area contributed by atoms with Gasteiger partial charge in [0.15, 0.2) is 11.9 Å². The van der Waals surface area contributed by atoms with Gasteiger partial charge < -0.3 is 15.5 Å². The van der Waals surface area contributed by atoms with Crippen LogP contribution in [0.3, 0.4) is 0 Å². The van der Waals surface area contributed by atoms with Crippen LogP contribution in [0, 0.1) is 18.3 Å². The number of aromatic amines is 1. The largest absolute Gasteiger partial charge is 0.398 e. The van der Waals surface area contributed by atoms with E-state index in [1.54, 1.807) is 6.20 Å². The van der Waals surface area contributed by atoms with Crippen LogP contribution in [-0.4, -0.2) is 26.4 Å². The van der Waals surface area contributed by atoms with Crippen LogP contribution in [0.1, 0.15) is 37.0 Å². The average Bonchev–Trinajstić information content (AvgIpc) is 3.29. The summed E-state index contributed by atoms with van der Waals surface area (Å²) in [5, 5.41) is 13.7. The fourth-order valence-electron chi connectivity index (χ4n) is 3.41. The number of nitriles is 1. The second-order valence-corrected chi connectivity index (χ2v) is 6.44. The van der Waals surface area contributed by atoms with Gasteiger partial charge in [-0.15, -0.1) is 0 Å². The van der Waals surface area contributed by atoms with Crippen LogP contribution >= 0.6 is 0 Å². The molecular formula is C19H20N6O. The Bertz CT molecular complexity index is 974. The minimum absolute atomic E-state index is 0.0323. The molecule has 0 bridgehead atoms. The van der Waals surface area contributed by atoms with Crippen molar-refractivity contribution < 1.29 is 4.74 Å². The van der Waals surface area contributed by atoms with E-state index in [0.717, 1.165) is 42.7 Å². The van der Waals surface area contributed by atoms with Crippen LogP contribution in [0.5, 0.6) is 0 Å². The Hall–Kier alpha value is -3.11. The van der Waals surface area contributed by atoms with E-state index in [4.69, 9.17) is 10.5 Å². The Balaban J connectivity index is 1.71. The molecule has 1 aliphatic heterocycles. The lowest BCUT2D eigenvalue weighted by molar-refractivity contribution is -0.0383. The summed E-state index contributed by atoms with van der Waals surface area (Å²) in [5.41, 5.74) is 10.6. The number of nitrogens with zero attached hydrogens (tertiary/aromatic N) is 4. The first kappa shape index (κ1) is 16.4. The van der Waals surface area contributed by atoms with Gasteiger partial charge >= 0.3 is 0 Å². The SMILES string of the molecule is Cc1nc(C#N)c(-c2ccc(-c3ccnn3C3CCCCO3)cc2N)[nH]1. The Labute approximate surface area is 151 Å². The van der Waals surface area contributed by atoms with E-state index in [1.807, 2.05) is 35.9 Å². The van der Waals surface area contributed by atoms with Crippen molar-refractivity contribution in [1.82, 2.24) is 19.7 Å². The number of rotatable bonds is 3. The molecule has 1 aliphatic rings. The van der Waals surface area contributed by atoms with Crippen LogP contribution < -0.4 is 5.73 Å². The van der Waals surface area contributed by atoms with E-state index in [1.165, 1.54) is 0 Å². The van der Waals surface area contributed by atoms with E-state index in [0.29, 0.717) is 22.9 Å². The van der Waals surface area contributed by atoms with Crippen LogP contribution in [0.4, 0.5) is 5.69 Å². The molecule has 7 heteroatoms. The lowest BCUT2D eigenvalue weighted by atomic mass is 10.0. The van der Waals surface area contributed by atoms with Gasteiger partial charge in [0, 0.05) is 29.6 Å². The maximum atomic E-state index is 9.27. The van der Waals surface area contributed by atoms with Crippen LogP contribution in [0.15, 0.2) is 30.5 Å². The predicted octanol–water partition coefficient (Wildman–Crippen LogP) is 3.40. The highest BCUT2D eigenvalue weighted by atomic mass is 16.5. The molecule has 3 aromatic rings. The molecule has 0 spiro atoms. The third-order valence-electron chi connectivity index (χ3n) is 4.64. The lowest BCUT2D eigenvalue weighted by Crippen LogP contribution is -2.19. The summed E-state index contributed by atoms with van der Waals surface area (Å²) in [7, 11) is 0. The number of imidazole rings is 1. The standard InChI is InChI=1S/C19H20N6O/c1-12-23-16(11-20)19(24-12)14-6-5-13(10-15(14)21)17-7-8-22-25(17)18-4-2-3-9-26-18/h5-8,10,18H,2-4,9,21H2,1H3,(H,23,24). The van der Waals surface area contributed by atoms with E-state index in [2.05, 4.69) is 21.1 Å². The van der Waals surface area contributed by atoms with Crippen molar-refractivity contribution in [3.63, 3.8) is 0 Å². The highest BCUT2D eigenvalue weighted by molar-refractivity contribution is 5.81. The highest BCUT2D eigenvalue weighted by Gasteiger charge is 2.20. The maximum absolute atomic E-state index is 9.27. The van der Waals surface area contributed by atoms with Crippen molar-refractivity contribution in [3.05, 3.63) is 42.0 Å². The van der Waals surface area contributed by atoms with Crippen LogP contribution in [0.2, 0.25) is 0 Å². The molecule has 0 saturated carbocycles. The summed E-state index contributed by atoms with van der Waals surface area (Å²) in [6, 6.07) is 9.88. The number of hydrogen-bond acceptors (Lipinski definition) is 5. The Kier molecular flexibility index (Phi) is 4.19. The Morgan fingerprint density at radius 3 is 2.96 bits per heavy atom. The van der Waals surface area contributed by atoms with Gasteiger partial charge in [-0.1, -0.05) is 12.1 Å². The van der Waals surface area contributed by atoms with Gasteiger partial charge in [-0.2, -0.15) is 10.4 Å². The molecule has 0 amide bonds. The molecule has 7 nitrogen and oxygen atoms in total. The second kappa shape index (κ2) is 6.65. The minimum Gasteiger partial charge on any atom is -0.398 e. The smallest absolute Gasteiger partial charge is 0.166 e. The first-order valence-electron chi connectivity index (χ1n) is 8.69. The number of nitrogens with one attached hydrogen (secondary N) is 1. The topological polar surface area (TPSA) is 106 Å². The van der Waals surface area contributed by atoms with Crippen molar-refractivity contribution in [2.24, 2.45) is 0 Å². The van der Waals surface area contributed by atoms with Gasteiger partial charge in [-0.05, 0) is 38.3 Å². The Morgan fingerprint density at radius 2 is 2.23 bits per heavy atom. The lowest BCUT2D eigenvalue weighted by Gasteiger charge is -2.24. The molecule has 3 heterocycles. The van der Waals surface area contributed by atoms with E-state index in [9.17, 15) is 5.26 Å². The van der Waals surface area contributed by atoms with Gasteiger partial charge in [0.2, 0.25) is 0 Å². The molecule has 1 atom stereocenters. The van der Waals surface area contributed by atoms with Crippen molar-refractivity contribution >= 4 is 5.69 Å². The molecule has 1 unspecified atom stereocenters. The molecule has 132 valence electrons. The molecule has 4 rings (SSSR count). The first-order chi connectivity index (χ1) is 12.7. The summed E-state index contributed by atoms with van der Waals surface area (Å²) >= 11 is 0. The van der Waals surface area contributed by atoms with E-state index in [-0.39, 0.29) is 6.23 Å². The number of hydrogen-bond donors (Lipinski definition) is 2. The zero-order chi connectivity index (χ0) is 18.1. The molecule has 1 aromatic carbocycles. The quantitative estimate of drug-likeness (QED) is 0.706. The fraction of sp³-hybridized carbons (Fsp3) is 0.316. The number of ether oxygens (including phenoxy) is 1. The van der Waals surface area contributed by atoms with Gasteiger partial charge in [0.1, 0.15) is 11.9 Å². The third-order valence-corrected chi connectivity index (χ3v) is 4.64. The molecule has 0 aliphatic carbocycles. The molecule has 1 fully saturated rings. The number of nitrogens with two attached hydrogens (primary N) is 1. The third kappa shape index (κ3) is 2.85. The normalized spacial score (nSPS) is 17.2. The maximum Gasteiger partial charge on any atom is 0.166 e. The molecule has 26 heavy (non-hydrogen) atoms. The fourth-order valence-corrected chi connectivity index (χ4v) is 3.41. The van der Waals surface area contributed by atoms with Crippen molar-refractivity contribution in [2.75, 3.05) is 12.3 Å². The monoisotopic (exact) mass is 348 g/mol. The van der Waals surface area contributed by atoms with Crippen molar-refractivity contribution in [1.29, 1.82) is 5.26 Å². The number of anilines is 1. The number of nitrogen functional groups attached to an aromatic ring is 1. The summed E-state index contributed by atoms with van der Waals surface area (Å²) in [4.78, 5) is 7.31. The number of aryl methyl sites for hydroxylation is 1. The van der Waals surface area contributed by atoms with Gasteiger partial charge in [0.25, 0.3) is 0 Å². The predicted molar refractivity (Wildman–Crippen MR) is 97.9 cm³/mol. The van der Waals surface area contributed by atoms with Gasteiger partial charge in [-0.3, -0.25) is 0 Å². The highest BCUT2D eigenvalue weighted by Crippen LogP contribution is 2.33. The van der Waals surface area contributed by atoms with Crippen molar-refractivity contribution in [2.45, 2.75) is 32.4 Å². The molecular weight excluding hydrogens is 328 g/mol. The van der Waals surface area contributed by atoms with Gasteiger partial charge in [-0.25, -0.2) is 9.67 Å². The molecule has 0 radical (unpaired) electrons. The average molecular weight is 348 g/mol. The number of benzene rings is 1. The van der Waals surface area contributed by atoms with E-state index >= 15 is 0 Å². The number of H-pyrrole nitrogens is 1. The zero-order valence-corrected chi connectivity index (χ0v) is 14.6. The second-order valence-electron chi connectivity index (χ2n) is 6.44. The Morgan fingerprint density at radius 1 is 1.35 bits per heavy atom. The molecule has 3 N–H and O–H groups in total. The molecule has 2 aromatic heterocycles. The first-order valence-corrected chi connectivity index (χ1v) is 8.69. The van der Waals surface area contributed by atoms with Crippen LogP contribution in [-0.2, 0) is 4.74 Å². The minimum atomic E-state index is -0.0323. The molecule has 1 saturated heterocycles. The summed E-state index contributed by atoms with van der Waals surface area (Å²) < 4.78 is 7.79. The summed E-state index contributed by atoms with van der Waals surface area (Å²) in [6.45, 7) is 2.58. The van der Waals surface area contributed by atoms with Crippen LogP contribution in [0.25, 0.3) is 22.5 Å². The summed E-state index contributed by atoms with van der Waals surface area (Å²) in [5.74, 6) is 0.688. The van der Waals surface area contributed by atoms with Crippen molar-refractivity contribution in [3.8, 4) is 28.6 Å². The zero-order valence-electron chi connectivity index (χ0n) is 14.6. The van der Waals surface area contributed by atoms with E-state index < -0.39 is 0 Å². The van der Waals surface area contributed by atoms with Gasteiger partial charge in [0.05, 0.1) is 11.4 Å². The summed E-state index contributed by atoms with van der Waals surface area (Å²) in [6.07, 6.45) is 4.95. The number of aromatic nitrogens is 4.